The first kappa shape index (κ1) is 16.6. The molecule has 120 valence electrons. The molecule has 2 rings (SSSR count). The molecule has 0 saturated carbocycles. The second-order valence-corrected chi connectivity index (χ2v) is 6.21. The number of nitrogens with one attached hydrogen (secondary N) is 1. The number of nitrogens with zero attached hydrogens (tertiary/aromatic N) is 3. The molecule has 0 saturated heterocycles. The van der Waals surface area contributed by atoms with Gasteiger partial charge in [-0.2, -0.15) is 5.11 Å². The number of methoxy groups -OCH3 is 1. The Morgan fingerprint density at radius 2 is 2.00 bits per heavy atom. The summed E-state index contributed by atoms with van der Waals surface area (Å²) < 4.78 is 5.19. The maximum atomic E-state index is 9.52. The first-order chi connectivity index (χ1) is 10.4. The van der Waals surface area contributed by atoms with E-state index in [0.717, 1.165) is 17.7 Å². The zero-order chi connectivity index (χ0) is 16.2. The van der Waals surface area contributed by atoms with Gasteiger partial charge in [0.25, 0.3) is 0 Å². The Morgan fingerprint density at radius 3 is 2.50 bits per heavy atom. The highest BCUT2D eigenvalue weighted by Gasteiger charge is 2.35. The van der Waals surface area contributed by atoms with Gasteiger partial charge < -0.3 is 9.84 Å². The maximum absolute atomic E-state index is 9.52. The fraction of sp³-hybridized carbons (Fsp3) is 0.562. The minimum absolute atomic E-state index is 0.221. The highest BCUT2D eigenvalue weighted by molar-refractivity contribution is 5.58. The van der Waals surface area contributed by atoms with Crippen molar-refractivity contribution in [2.45, 2.75) is 51.0 Å². The summed E-state index contributed by atoms with van der Waals surface area (Å²) in [7, 11) is 1.64. The number of benzene rings is 1. The molecule has 6 nitrogen and oxygen atoms in total. The molecule has 0 aromatic heterocycles. The predicted molar refractivity (Wildman–Crippen MR) is 86.1 cm³/mol. The average Bonchev–Trinajstić information content (AvgIpc) is 2.94. The summed E-state index contributed by atoms with van der Waals surface area (Å²) in [4.78, 5) is 4.49. The number of ether oxygens (including phenoxy) is 1. The van der Waals surface area contributed by atoms with Crippen molar-refractivity contribution < 1.29 is 9.84 Å². The first-order valence-corrected chi connectivity index (χ1v) is 7.43. The Morgan fingerprint density at radius 1 is 1.32 bits per heavy atom. The van der Waals surface area contributed by atoms with Gasteiger partial charge in [-0.3, -0.25) is 5.32 Å². The molecule has 0 spiro atoms. The van der Waals surface area contributed by atoms with Gasteiger partial charge in [-0.05, 0) is 39.3 Å². The molecule has 2 N–H and O–H groups in total. The van der Waals surface area contributed by atoms with Gasteiger partial charge in [0.1, 0.15) is 18.3 Å². The van der Waals surface area contributed by atoms with Crippen molar-refractivity contribution in [3.05, 3.63) is 29.8 Å². The SMILES string of the molecule is COc1ccc(C2(CCC(C)(C)NC(C)O)N=CN=N2)cc1. The molecule has 22 heavy (non-hydrogen) atoms. The number of azo groups is 1. The first-order valence-electron chi connectivity index (χ1n) is 7.43. The third kappa shape index (κ3) is 3.90. The van der Waals surface area contributed by atoms with E-state index in [1.165, 1.54) is 6.34 Å². The lowest BCUT2D eigenvalue weighted by atomic mass is 9.88. The van der Waals surface area contributed by atoms with Crippen LogP contribution in [-0.2, 0) is 5.66 Å². The van der Waals surface area contributed by atoms with Crippen LogP contribution >= 0.6 is 0 Å². The van der Waals surface area contributed by atoms with Gasteiger partial charge in [0, 0.05) is 17.5 Å². The van der Waals surface area contributed by atoms with E-state index < -0.39 is 11.9 Å². The lowest BCUT2D eigenvalue weighted by Gasteiger charge is -2.31. The summed E-state index contributed by atoms with van der Waals surface area (Å²) >= 11 is 0. The molecule has 1 aromatic rings. The summed E-state index contributed by atoms with van der Waals surface area (Å²) in [5.74, 6) is 0.800. The van der Waals surface area contributed by atoms with Crippen molar-refractivity contribution in [1.29, 1.82) is 0 Å². The van der Waals surface area contributed by atoms with Crippen LogP contribution in [0.4, 0.5) is 0 Å². The van der Waals surface area contributed by atoms with Crippen LogP contribution in [0.3, 0.4) is 0 Å². The largest absolute Gasteiger partial charge is 0.497 e. The Bertz CT molecular complexity index is 538. The summed E-state index contributed by atoms with van der Waals surface area (Å²) in [5, 5.41) is 21.0. The number of aliphatic hydroxyl groups is 1. The standard InChI is InChI=1S/C16H24N4O2/c1-12(21)19-15(2,3)9-10-16(17-11-18-20-16)13-5-7-14(22-4)8-6-13/h5-8,11-12,19,21H,9-10H2,1-4H3. The monoisotopic (exact) mass is 304 g/mol. The topological polar surface area (TPSA) is 78.6 Å². The van der Waals surface area contributed by atoms with Crippen LogP contribution in [0.1, 0.15) is 39.2 Å². The second-order valence-electron chi connectivity index (χ2n) is 6.21. The second kappa shape index (κ2) is 6.54. The molecular formula is C16H24N4O2. The smallest absolute Gasteiger partial charge is 0.198 e. The Hall–Kier alpha value is -1.79. The van der Waals surface area contributed by atoms with Crippen LogP contribution in [-0.4, -0.2) is 30.3 Å². The highest BCUT2D eigenvalue weighted by atomic mass is 16.5. The Labute approximate surface area is 131 Å². The third-order valence-corrected chi connectivity index (χ3v) is 3.80. The molecule has 0 fully saturated rings. The van der Waals surface area contributed by atoms with Crippen LogP contribution in [0.5, 0.6) is 5.75 Å². The van der Waals surface area contributed by atoms with Crippen molar-refractivity contribution in [2.75, 3.05) is 7.11 Å². The Kier molecular flexibility index (Phi) is 4.93. The molecule has 1 aromatic carbocycles. The quantitative estimate of drug-likeness (QED) is 0.760. The molecule has 2 atom stereocenters. The van der Waals surface area contributed by atoms with E-state index in [-0.39, 0.29) is 5.54 Å². The summed E-state index contributed by atoms with van der Waals surface area (Å²) in [6.45, 7) is 5.82. The van der Waals surface area contributed by atoms with Crippen molar-refractivity contribution in [2.24, 2.45) is 15.2 Å². The number of aliphatic hydroxyl groups excluding tert-OH is 1. The average molecular weight is 304 g/mol. The van der Waals surface area contributed by atoms with Gasteiger partial charge >= 0.3 is 0 Å². The van der Waals surface area contributed by atoms with Gasteiger partial charge in [0.05, 0.1) is 7.11 Å². The molecule has 6 heteroatoms. The predicted octanol–water partition coefficient (Wildman–Crippen LogP) is 2.83. The van der Waals surface area contributed by atoms with Gasteiger partial charge in [-0.1, -0.05) is 12.1 Å². The molecular weight excluding hydrogens is 280 g/mol. The van der Waals surface area contributed by atoms with E-state index in [4.69, 9.17) is 4.74 Å². The van der Waals surface area contributed by atoms with Crippen molar-refractivity contribution in [1.82, 2.24) is 5.32 Å². The number of hydrogen-bond acceptors (Lipinski definition) is 6. The van der Waals surface area contributed by atoms with Gasteiger partial charge in [-0.15, -0.1) is 5.11 Å². The molecule has 0 bridgehead atoms. The van der Waals surface area contributed by atoms with Gasteiger partial charge in [0.15, 0.2) is 5.66 Å². The molecule has 0 aliphatic carbocycles. The van der Waals surface area contributed by atoms with Crippen LogP contribution in [0.15, 0.2) is 39.5 Å². The van der Waals surface area contributed by atoms with Crippen LogP contribution < -0.4 is 10.1 Å². The van der Waals surface area contributed by atoms with Gasteiger partial charge in [-0.25, -0.2) is 4.99 Å². The summed E-state index contributed by atoms with van der Waals surface area (Å²) in [6.07, 6.45) is 2.44. The number of rotatable bonds is 7. The lowest BCUT2D eigenvalue weighted by molar-refractivity contribution is 0.110. The van der Waals surface area contributed by atoms with Crippen molar-refractivity contribution >= 4 is 6.34 Å². The zero-order valence-corrected chi connectivity index (χ0v) is 13.6. The minimum Gasteiger partial charge on any atom is -0.497 e. The summed E-state index contributed by atoms with van der Waals surface area (Å²) in [6, 6.07) is 7.74. The van der Waals surface area contributed by atoms with E-state index in [2.05, 4.69) is 34.4 Å². The molecule has 1 aliphatic rings. The third-order valence-electron chi connectivity index (χ3n) is 3.80. The minimum atomic E-state index is -0.677. The normalized spacial score (nSPS) is 22.0. The van der Waals surface area contributed by atoms with E-state index >= 15 is 0 Å². The number of aliphatic imine (C=N–C) groups is 1. The summed E-state index contributed by atoms with van der Waals surface area (Å²) in [5.41, 5.74) is 0.0872. The molecule has 0 amide bonds. The number of hydrogen-bond donors (Lipinski definition) is 2. The van der Waals surface area contributed by atoms with E-state index in [1.807, 2.05) is 24.3 Å². The van der Waals surface area contributed by atoms with Crippen LogP contribution in [0.25, 0.3) is 0 Å². The van der Waals surface area contributed by atoms with E-state index in [1.54, 1.807) is 14.0 Å². The lowest BCUT2D eigenvalue weighted by Crippen LogP contribution is -2.45. The van der Waals surface area contributed by atoms with Crippen LogP contribution in [0.2, 0.25) is 0 Å². The fourth-order valence-electron chi connectivity index (χ4n) is 2.64. The van der Waals surface area contributed by atoms with Crippen LogP contribution in [0, 0.1) is 0 Å². The highest BCUT2D eigenvalue weighted by Crippen LogP contribution is 2.37. The maximum Gasteiger partial charge on any atom is 0.198 e. The molecule has 2 unspecified atom stereocenters. The van der Waals surface area contributed by atoms with E-state index in [0.29, 0.717) is 6.42 Å². The van der Waals surface area contributed by atoms with Gasteiger partial charge in [0.2, 0.25) is 0 Å². The van der Waals surface area contributed by atoms with Crippen molar-refractivity contribution in [3.63, 3.8) is 0 Å². The van der Waals surface area contributed by atoms with E-state index in [9.17, 15) is 5.11 Å². The fourth-order valence-corrected chi connectivity index (χ4v) is 2.64. The molecule has 1 heterocycles. The Balaban J connectivity index is 2.15. The van der Waals surface area contributed by atoms with Crippen molar-refractivity contribution in [3.8, 4) is 5.75 Å². The molecule has 0 radical (unpaired) electrons. The zero-order valence-electron chi connectivity index (χ0n) is 13.6. The molecule has 1 aliphatic heterocycles.